The molecule has 3 heterocycles. The fourth-order valence-corrected chi connectivity index (χ4v) is 6.47. The zero-order chi connectivity index (χ0) is 30.2. The Bertz CT molecular complexity index is 1820. The smallest absolute Gasteiger partial charge is 0.301 e. The van der Waals surface area contributed by atoms with Gasteiger partial charge in [-0.1, -0.05) is 77.1 Å². The zero-order valence-electron chi connectivity index (χ0n) is 22.7. The molecule has 0 bridgehead atoms. The first kappa shape index (κ1) is 28.1. The van der Waals surface area contributed by atoms with Gasteiger partial charge in [0.15, 0.2) is 16.8 Å². The lowest BCUT2D eigenvalue weighted by Gasteiger charge is -2.26. The Labute approximate surface area is 254 Å². The summed E-state index contributed by atoms with van der Waals surface area (Å²) < 4.78 is 5.71. The lowest BCUT2D eigenvalue weighted by atomic mass is 10.0. The van der Waals surface area contributed by atoms with Gasteiger partial charge in [0.2, 0.25) is 0 Å². The number of aliphatic imine (C=N–C) groups is 1. The predicted molar refractivity (Wildman–Crippen MR) is 168 cm³/mol. The van der Waals surface area contributed by atoms with Gasteiger partial charge in [0.1, 0.15) is 17.1 Å². The van der Waals surface area contributed by atoms with E-state index >= 15 is 0 Å². The fraction of sp³-hybridized carbons (Fsp3) is 0.138. The van der Waals surface area contributed by atoms with Gasteiger partial charge in [-0.3, -0.25) is 30.1 Å². The molecule has 4 aromatic rings. The van der Waals surface area contributed by atoms with Gasteiger partial charge in [0, 0.05) is 18.1 Å². The molecule has 14 heteroatoms. The molecule has 216 valence electrons. The van der Waals surface area contributed by atoms with E-state index in [0.29, 0.717) is 33.2 Å². The molecule has 1 aromatic heterocycles. The summed E-state index contributed by atoms with van der Waals surface area (Å²) in [6.45, 7) is 1.81. The first-order chi connectivity index (χ1) is 20.8. The van der Waals surface area contributed by atoms with Crippen molar-refractivity contribution in [3.8, 4) is 0 Å². The van der Waals surface area contributed by atoms with E-state index in [9.17, 15) is 20.2 Å². The van der Waals surface area contributed by atoms with Crippen LogP contribution in [0.1, 0.15) is 28.6 Å². The lowest BCUT2D eigenvalue weighted by molar-refractivity contribution is -0.393. The lowest BCUT2D eigenvalue weighted by Crippen LogP contribution is -2.32. The number of thioether (sulfide) groups is 1. The highest BCUT2D eigenvalue weighted by molar-refractivity contribution is 8.16. The third kappa shape index (κ3) is 5.13. The van der Waals surface area contributed by atoms with Crippen LogP contribution >= 0.6 is 23.4 Å². The number of aromatic nitrogens is 1. The van der Waals surface area contributed by atoms with Crippen molar-refractivity contribution in [3.05, 3.63) is 121 Å². The second kappa shape index (κ2) is 11.3. The highest BCUT2D eigenvalue weighted by Crippen LogP contribution is 2.50. The molecule has 12 nitrogen and oxygen atoms in total. The number of hydrogen-bond acceptors (Lipinski definition) is 10. The van der Waals surface area contributed by atoms with Crippen molar-refractivity contribution in [3.63, 3.8) is 0 Å². The van der Waals surface area contributed by atoms with Gasteiger partial charge in [-0.25, -0.2) is 5.01 Å². The number of hydrogen-bond donors (Lipinski definition) is 0. The number of hydrazone groups is 1. The highest BCUT2D eigenvalue weighted by atomic mass is 35.5. The Morgan fingerprint density at radius 1 is 1.02 bits per heavy atom. The molecule has 0 saturated carbocycles. The van der Waals surface area contributed by atoms with Crippen LogP contribution in [0.3, 0.4) is 0 Å². The van der Waals surface area contributed by atoms with Crippen molar-refractivity contribution >= 4 is 69.3 Å². The molecule has 0 aliphatic carbocycles. The van der Waals surface area contributed by atoms with Gasteiger partial charge in [0.05, 0.1) is 27.2 Å². The number of halogens is 1. The van der Waals surface area contributed by atoms with Crippen LogP contribution in [0.15, 0.2) is 87.4 Å². The Morgan fingerprint density at radius 2 is 1.77 bits per heavy atom. The summed E-state index contributed by atoms with van der Waals surface area (Å²) in [7, 11) is 1.68. The summed E-state index contributed by atoms with van der Waals surface area (Å²) in [5, 5.41) is 35.2. The number of rotatable bonds is 7. The van der Waals surface area contributed by atoms with Gasteiger partial charge in [-0.15, -0.1) is 0 Å². The second-order valence-corrected chi connectivity index (χ2v) is 11.1. The van der Waals surface area contributed by atoms with E-state index in [4.69, 9.17) is 21.2 Å². The van der Waals surface area contributed by atoms with Gasteiger partial charge in [0.25, 0.3) is 5.69 Å². The maximum atomic E-state index is 12.1. The first-order valence-corrected chi connectivity index (χ1v) is 14.2. The number of amidine groups is 2. The zero-order valence-corrected chi connectivity index (χ0v) is 24.3. The quantitative estimate of drug-likeness (QED) is 0.157. The number of nitro groups is 2. The summed E-state index contributed by atoms with van der Waals surface area (Å²) >= 11 is 7.49. The van der Waals surface area contributed by atoms with Crippen LogP contribution < -0.4 is 9.91 Å². The van der Waals surface area contributed by atoms with Crippen LogP contribution in [0, 0.1) is 27.2 Å². The van der Waals surface area contributed by atoms with E-state index < -0.39 is 21.6 Å². The molecule has 2 atom stereocenters. The Morgan fingerprint density at radius 3 is 2.44 bits per heavy atom. The SMILES string of the molecule is CN=C1S[C@H]2C(=NN(c3ccc([N+](=O)[O-])cc3[N+](=O)[O-])[C@@H]2c2ccccc2)N1c1c(C)noc1/C=C/c1ccc(Cl)cc1. The van der Waals surface area contributed by atoms with Crippen molar-refractivity contribution < 1.29 is 14.4 Å². The molecule has 0 amide bonds. The molecule has 3 aromatic carbocycles. The van der Waals surface area contributed by atoms with Gasteiger partial charge in [-0.05, 0) is 42.3 Å². The average Bonchev–Trinajstić information content (AvgIpc) is 3.67. The van der Waals surface area contributed by atoms with Gasteiger partial charge in [-0.2, -0.15) is 5.10 Å². The van der Waals surface area contributed by atoms with Crippen LogP contribution in [0.25, 0.3) is 12.2 Å². The minimum absolute atomic E-state index is 0.131. The van der Waals surface area contributed by atoms with E-state index in [0.717, 1.165) is 17.2 Å². The monoisotopic (exact) mass is 615 g/mol. The molecule has 43 heavy (non-hydrogen) atoms. The van der Waals surface area contributed by atoms with Gasteiger partial charge < -0.3 is 4.52 Å². The van der Waals surface area contributed by atoms with Crippen molar-refractivity contribution in [2.45, 2.75) is 18.2 Å². The number of anilines is 2. The van der Waals surface area contributed by atoms with E-state index in [1.807, 2.05) is 60.4 Å². The number of benzene rings is 3. The van der Waals surface area contributed by atoms with Gasteiger partial charge >= 0.3 is 5.69 Å². The minimum Gasteiger partial charge on any atom is -0.354 e. The summed E-state index contributed by atoms with van der Waals surface area (Å²) in [6.07, 6.45) is 3.67. The Hall–Kier alpha value is -5.01. The number of fused-ring (bicyclic) bond motifs is 1. The normalized spacial score (nSPS) is 18.9. The molecule has 1 fully saturated rings. The standard InChI is InChI=1S/C29H22ClN7O5S/c1-17-25(24(42-33-17)15-10-18-8-11-20(30)12-9-18)34-28-27(43-29(34)31-2)26(19-6-4-3-5-7-19)35(32-28)22-14-13-21(36(38)39)16-23(22)37(40)41/h3-16,26-27H,1-2H3/b15-10+,31-29?/t26-,27-/m1/s1. The molecule has 1 saturated heterocycles. The number of nitro benzene ring substituents is 2. The largest absolute Gasteiger partial charge is 0.354 e. The molecule has 0 unspecified atom stereocenters. The Balaban J connectivity index is 1.49. The van der Waals surface area contributed by atoms with E-state index in [1.54, 1.807) is 30.3 Å². The predicted octanol–water partition coefficient (Wildman–Crippen LogP) is 7.11. The molecule has 0 N–H and O–H groups in total. The fourth-order valence-electron chi connectivity index (χ4n) is 5.06. The summed E-state index contributed by atoms with van der Waals surface area (Å²) in [5.41, 5.74) is 2.31. The van der Waals surface area contributed by atoms with Crippen LogP contribution in [0.2, 0.25) is 5.02 Å². The first-order valence-electron chi connectivity index (χ1n) is 13.0. The third-order valence-corrected chi connectivity index (χ3v) is 8.54. The number of non-ortho nitro benzene ring substituents is 1. The van der Waals surface area contributed by atoms with Crippen LogP contribution in [-0.4, -0.2) is 38.3 Å². The average molecular weight is 616 g/mol. The van der Waals surface area contributed by atoms with Crippen molar-refractivity contribution in [2.75, 3.05) is 17.0 Å². The molecular formula is C29H22ClN7O5S. The molecule has 0 radical (unpaired) electrons. The van der Waals surface area contributed by atoms with Crippen molar-refractivity contribution in [2.24, 2.45) is 10.1 Å². The molecule has 2 aliphatic rings. The second-order valence-electron chi connectivity index (χ2n) is 9.59. The summed E-state index contributed by atoms with van der Waals surface area (Å²) in [4.78, 5) is 28.6. The third-order valence-electron chi connectivity index (χ3n) is 6.99. The highest BCUT2D eigenvalue weighted by Gasteiger charge is 2.51. The Kier molecular flexibility index (Phi) is 7.42. The molecular weight excluding hydrogens is 594 g/mol. The minimum atomic E-state index is -0.661. The van der Waals surface area contributed by atoms with Crippen molar-refractivity contribution in [1.29, 1.82) is 0 Å². The summed E-state index contributed by atoms with van der Waals surface area (Å²) in [6, 6.07) is 19.9. The summed E-state index contributed by atoms with van der Waals surface area (Å²) in [5.74, 6) is 1.04. The number of aryl methyl sites for hydroxylation is 1. The van der Waals surface area contributed by atoms with Crippen molar-refractivity contribution in [1.82, 2.24) is 5.16 Å². The maximum absolute atomic E-state index is 12.1. The molecule has 6 rings (SSSR count). The molecule has 0 spiro atoms. The maximum Gasteiger partial charge on any atom is 0.301 e. The van der Waals surface area contributed by atoms with Crippen LogP contribution in [0.4, 0.5) is 22.7 Å². The van der Waals surface area contributed by atoms with E-state index in [2.05, 4.69) is 10.1 Å². The molecule has 2 aliphatic heterocycles. The topological polar surface area (TPSA) is 144 Å². The van der Waals surface area contributed by atoms with E-state index in [-0.39, 0.29) is 16.6 Å². The van der Waals surface area contributed by atoms with Crippen LogP contribution in [-0.2, 0) is 0 Å². The number of nitrogens with zero attached hydrogens (tertiary/aromatic N) is 7. The van der Waals surface area contributed by atoms with E-state index in [1.165, 1.54) is 23.9 Å². The van der Waals surface area contributed by atoms with Crippen LogP contribution in [0.5, 0.6) is 0 Å².